The SMILES string of the molecule is CN(C)c1nc(N)nc(COC(=O)c2ccc(F)cc2Cl)n1. The Morgan fingerprint density at radius 3 is 2.73 bits per heavy atom. The van der Waals surface area contributed by atoms with Crippen LogP contribution in [0.4, 0.5) is 16.3 Å². The van der Waals surface area contributed by atoms with Crippen LogP contribution in [0.15, 0.2) is 18.2 Å². The molecule has 1 aromatic heterocycles. The maximum Gasteiger partial charge on any atom is 0.340 e. The third-order valence-electron chi connectivity index (χ3n) is 2.57. The molecular formula is C13H13ClFN5O2. The van der Waals surface area contributed by atoms with E-state index in [0.29, 0.717) is 5.95 Å². The molecule has 116 valence electrons. The molecule has 1 heterocycles. The van der Waals surface area contributed by atoms with Gasteiger partial charge in [0.15, 0.2) is 12.4 Å². The maximum absolute atomic E-state index is 12.9. The summed E-state index contributed by atoms with van der Waals surface area (Å²) in [5, 5.41) is -0.0332. The standard InChI is InChI=1S/C13H13ClFN5O2/c1-20(2)13-18-10(17-12(16)19-13)6-22-11(21)8-4-3-7(15)5-9(8)14/h3-5H,6H2,1-2H3,(H2,16,17,18,19). The number of nitrogens with zero attached hydrogens (tertiary/aromatic N) is 4. The highest BCUT2D eigenvalue weighted by Gasteiger charge is 2.14. The lowest BCUT2D eigenvalue weighted by atomic mass is 10.2. The van der Waals surface area contributed by atoms with Crippen molar-refractivity contribution in [1.29, 1.82) is 0 Å². The summed E-state index contributed by atoms with van der Waals surface area (Å²) in [7, 11) is 3.48. The largest absolute Gasteiger partial charge is 0.454 e. The Morgan fingerprint density at radius 1 is 1.36 bits per heavy atom. The van der Waals surface area contributed by atoms with Gasteiger partial charge in [-0.25, -0.2) is 9.18 Å². The van der Waals surface area contributed by atoms with Crippen LogP contribution in [0.5, 0.6) is 0 Å². The molecule has 0 amide bonds. The van der Waals surface area contributed by atoms with Crippen molar-refractivity contribution in [3.05, 3.63) is 40.4 Å². The van der Waals surface area contributed by atoms with Gasteiger partial charge in [0.05, 0.1) is 10.6 Å². The van der Waals surface area contributed by atoms with Gasteiger partial charge >= 0.3 is 5.97 Å². The summed E-state index contributed by atoms with van der Waals surface area (Å²) in [4.78, 5) is 25.4. The first kappa shape index (κ1) is 15.9. The highest BCUT2D eigenvalue weighted by molar-refractivity contribution is 6.33. The van der Waals surface area contributed by atoms with E-state index in [2.05, 4.69) is 15.0 Å². The summed E-state index contributed by atoms with van der Waals surface area (Å²) in [6.07, 6.45) is 0. The van der Waals surface area contributed by atoms with Crippen LogP contribution in [0.2, 0.25) is 5.02 Å². The van der Waals surface area contributed by atoms with Gasteiger partial charge in [-0.3, -0.25) is 0 Å². The number of hydrogen-bond acceptors (Lipinski definition) is 7. The van der Waals surface area contributed by atoms with Crippen molar-refractivity contribution >= 4 is 29.5 Å². The Morgan fingerprint density at radius 2 is 2.09 bits per heavy atom. The van der Waals surface area contributed by atoms with Crippen LogP contribution in [-0.4, -0.2) is 35.0 Å². The number of anilines is 2. The van der Waals surface area contributed by atoms with E-state index in [1.54, 1.807) is 19.0 Å². The second-order valence-electron chi connectivity index (χ2n) is 4.50. The van der Waals surface area contributed by atoms with E-state index in [1.165, 1.54) is 6.07 Å². The number of nitrogen functional groups attached to an aromatic ring is 1. The fourth-order valence-electron chi connectivity index (χ4n) is 1.55. The molecule has 2 N–H and O–H groups in total. The van der Waals surface area contributed by atoms with Gasteiger partial charge in [-0.2, -0.15) is 15.0 Å². The maximum atomic E-state index is 12.9. The summed E-state index contributed by atoms with van der Waals surface area (Å²) in [6, 6.07) is 3.39. The zero-order valence-corrected chi connectivity index (χ0v) is 12.6. The summed E-state index contributed by atoms with van der Waals surface area (Å²) in [6.45, 7) is -0.208. The lowest BCUT2D eigenvalue weighted by Crippen LogP contribution is -2.17. The first-order valence-corrected chi connectivity index (χ1v) is 6.54. The van der Waals surface area contributed by atoms with Gasteiger partial charge in [-0.1, -0.05) is 11.6 Å². The lowest BCUT2D eigenvalue weighted by Gasteiger charge is -2.11. The molecule has 0 bridgehead atoms. The molecule has 0 aliphatic carbocycles. The molecule has 7 nitrogen and oxygen atoms in total. The second kappa shape index (κ2) is 6.52. The van der Waals surface area contributed by atoms with E-state index < -0.39 is 11.8 Å². The molecule has 0 aliphatic rings. The smallest absolute Gasteiger partial charge is 0.340 e. The second-order valence-corrected chi connectivity index (χ2v) is 4.91. The normalized spacial score (nSPS) is 10.4. The van der Waals surface area contributed by atoms with E-state index >= 15 is 0 Å². The molecule has 0 fully saturated rings. The molecule has 0 radical (unpaired) electrons. The molecule has 9 heteroatoms. The van der Waals surface area contributed by atoms with Gasteiger partial charge in [0.25, 0.3) is 0 Å². The molecule has 0 unspecified atom stereocenters. The van der Waals surface area contributed by atoms with Gasteiger partial charge in [0.2, 0.25) is 11.9 Å². The van der Waals surface area contributed by atoms with Crippen LogP contribution < -0.4 is 10.6 Å². The van der Waals surface area contributed by atoms with Gasteiger partial charge in [-0.15, -0.1) is 0 Å². The van der Waals surface area contributed by atoms with E-state index in [1.807, 2.05) is 0 Å². The van der Waals surface area contributed by atoms with Crippen molar-refractivity contribution in [2.75, 3.05) is 24.7 Å². The Hall–Kier alpha value is -2.48. The molecule has 22 heavy (non-hydrogen) atoms. The summed E-state index contributed by atoms with van der Waals surface area (Å²) < 4.78 is 18.0. The Labute approximate surface area is 130 Å². The summed E-state index contributed by atoms with van der Waals surface area (Å²) >= 11 is 5.79. The van der Waals surface area contributed by atoms with E-state index in [9.17, 15) is 9.18 Å². The zero-order chi connectivity index (χ0) is 16.3. The molecular weight excluding hydrogens is 313 g/mol. The number of halogens is 2. The van der Waals surface area contributed by atoms with Gasteiger partial charge < -0.3 is 15.4 Å². The van der Waals surface area contributed by atoms with Crippen molar-refractivity contribution < 1.29 is 13.9 Å². The Bertz CT molecular complexity index is 711. The van der Waals surface area contributed by atoms with Crippen molar-refractivity contribution in [2.24, 2.45) is 0 Å². The molecule has 1 aromatic carbocycles. The van der Waals surface area contributed by atoms with Gasteiger partial charge in [0.1, 0.15) is 5.82 Å². The number of rotatable bonds is 4. The highest BCUT2D eigenvalue weighted by atomic mass is 35.5. The molecule has 0 saturated carbocycles. The van der Waals surface area contributed by atoms with Crippen LogP contribution in [0.3, 0.4) is 0 Å². The quantitative estimate of drug-likeness (QED) is 0.854. The highest BCUT2D eigenvalue weighted by Crippen LogP contribution is 2.18. The van der Waals surface area contributed by atoms with Gasteiger partial charge in [0, 0.05) is 14.1 Å². The number of ether oxygens (including phenoxy) is 1. The van der Waals surface area contributed by atoms with Crippen LogP contribution >= 0.6 is 11.6 Å². The van der Waals surface area contributed by atoms with Crippen molar-refractivity contribution in [3.63, 3.8) is 0 Å². The minimum absolute atomic E-state index is 0.0181. The molecule has 2 rings (SSSR count). The first-order valence-electron chi connectivity index (χ1n) is 6.16. The Kier molecular flexibility index (Phi) is 4.71. The minimum Gasteiger partial charge on any atom is -0.454 e. The molecule has 0 atom stereocenters. The number of aromatic nitrogens is 3. The van der Waals surface area contributed by atoms with Crippen molar-refractivity contribution in [1.82, 2.24) is 15.0 Å². The average Bonchev–Trinajstić information content (AvgIpc) is 2.44. The third-order valence-corrected chi connectivity index (χ3v) is 2.88. The average molecular weight is 326 g/mol. The number of hydrogen-bond donors (Lipinski definition) is 1. The first-order chi connectivity index (χ1) is 10.4. The summed E-state index contributed by atoms with van der Waals surface area (Å²) in [5.41, 5.74) is 5.62. The van der Waals surface area contributed by atoms with Crippen LogP contribution in [0, 0.1) is 5.82 Å². The van der Waals surface area contributed by atoms with E-state index in [4.69, 9.17) is 22.1 Å². The van der Waals surface area contributed by atoms with Crippen LogP contribution in [0.1, 0.15) is 16.2 Å². The number of nitrogens with two attached hydrogens (primary N) is 1. The summed E-state index contributed by atoms with van der Waals surface area (Å²) in [5.74, 6) is -0.691. The molecule has 0 saturated heterocycles. The monoisotopic (exact) mass is 325 g/mol. The Balaban J connectivity index is 2.11. The van der Waals surface area contributed by atoms with E-state index in [-0.39, 0.29) is 29.0 Å². The predicted octanol–water partition coefficient (Wildman–Crippen LogP) is 1.67. The molecule has 0 spiro atoms. The minimum atomic E-state index is -0.713. The number of esters is 1. The predicted molar refractivity (Wildman–Crippen MR) is 79.1 cm³/mol. The number of benzene rings is 1. The third kappa shape index (κ3) is 3.79. The van der Waals surface area contributed by atoms with Crippen molar-refractivity contribution in [3.8, 4) is 0 Å². The topological polar surface area (TPSA) is 94.2 Å². The van der Waals surface area contributed by atoms with Crippen LogP contribution in [-0.2, 0) is 11.3 Å². The van der Waals surface area contributed by atoms with Crippen LogP contribution in [0.25, 0.3) is 0 Å². The molecule has 0 aliphatic heterocycles. The zero-order valence-electron chi connectivity index (χ0n) is 11.9. The molecule has 2 aromatic rings. The van der Waals surface area contributed by atoms with E-state index in [0.717, 1.165) is 12.1 Å². The van der Waals surface area contributed by atoms with Crippen molar-refractivity contribution in [2.45, 2.75) is 6.61 Å². The fourth-order valence-corrected chi connectivity index (χ4v) is 1.80. The number of carbonyl (C=O) groups is 1. The van der Waals surface area contributed by atoms with Gasteiger partial charge in [-0.05, 0) is 18.2 Å². The number of carbonyl (C=O) groups excluding carboxylic acids is 1. The fraction of sp³-hybridized carbons (Fsp3) is 0.231. The lowest BCUT2D eigenvalue weighted by molar-refractivity contribution is 0.0462.